The average Bonchev–Trinajstić information content (AvgIpc) is 2.66. The van der Waals surface area contributed by atoms with E-state index in [1.165, 1.54) is 0 Å². The van der Waals surface area contributed by atoms with Crippen LogP contribution in [-0.4, -0.2) is 4.98 Å². The second kappa shape index (κ2) is 8.20. The van der Waals surface area contributed by atoms with Crippen LogP contribution in [0.5, 0.6) is 17.4 Å². The largest absolute Gasteiger partial charge is 0.485 e. The number of hydrogen-bond acceptors (Lipinski definition) is 4. The highest BCUT2D eigenvalue weighted by molar-refractivity contribution is 6.31. The maximum Gasteiger partial charge on any atom is 0.238 e. The van der Waals surface area contributed by atoms with E-state index in [-0.39, 0.29) is 10.9 Å². The van der Waals surface area contributed by atoms with Crippen LogP contribution in [0.25, 0.3) is 10.4 Å². The van der Waals surface area contributed by atoms with Gasteiger partial charge in [0, 0.05) is 11.0 Å². The number of azide groups is 1. The Bertz CT molecular complexity index is 963. The molecule has 2 aromatic carbocycles. The van der Waals surface area contributed by atoms with E-state index in [0.717, 1.165) is 11.6 Å². The molecule has 0 unspecified atom stereocenters. The van der Waals surface area contributed by atoms with Crippen LogP contribution in [0.1, 0.15) is 5.56 Å². The summed E-state index contributed by atoms with van der Waals surface area (Å²) < 4.78 is 25.1. The molecule has 6 nitrogen and oxygen atoms in total. The Morgan fingerprint density at radius 1 is 1.08 bits per heavy atom. The van der Waals surface area contributed by atoms with Gasteiger partial charge in [-0.3, -0.25) is 0 Å². The molecule has 0 amide bonds. The molecule has 26 heavy (non-hydrogen) atoms. The number of halogens is 2. The number of nitrogens with zero attached hydrogens (tertiary/aromatic N) is 4. The number of pyridine rings is 1. The number of aromatic nitrogens is 1. The Hall–Kier alpha value is -3.28. The minimum atomic E-state index is -0.839. The number of para-hydroxylation sites is 2. The summed E-state index contributed by atoms with van der Waals surface area (Å²) in [7, 11) is 0. The van der Waals surface area contributed by atoms with E-state index in [4.69, 9.17) is 26.6 Å². The molecule has 0 spiro atoms. The summed E-state index contributed by atoms with van der Waals surface area (Å²) in [6.45, 7) is 0.343. The van der Waals surface area contributed by atoms with Crippen molar-refractivity contribution < 1.29 is 13.9 Å². The third kappa shape index (κ3) is 4.22. The maximum absolute atomic E-state index is 13.7. The molecular formula is C18H12ClFN4O2. The van der Waals surface area contributed by atoms with Crippen molar-refractivity contribution in [1.29, 1.82) is 0 Å². The lowest BCUT2D eigenvalue weighted by Crippen LogP contribution is -1.98. The first-order chi connectivity index (χ1) is 12.7. The summed E-state index contributed by atoms with van der Waals surface area (Å²) in [6, 6.07) is 17.5. The third-order valence-corrected chi connectivity index (χ3v) is 3.58. The van der Waals surface area contributed by atoms with Gasteiger partial charge in [0.05, 0.1) is 0 Å². The van der Waals surface area contributed by atoms with Crippen LogP contribution < -0.4 is 9.47 Å². The van der Waals surface area contributed by atoms with Crippen molar-refractivity contribution in [1.82, 2.24) is 4.98 Å². The van der Waals surface area contributed by atoms with Crippen molar-refractivity contribution in [3.8, 4) is 17.4 Å². The summed E-state index contributed by atoms with van der Waals surface area (Å²) in [5.41, 5.74) is 9.47. The Kier molecular flexibility index (Phi) is 5.53. The summed E-state index contributed by atoms with van der Waals surface area (Å²) in [5.74, 6) is -0.574. The molecule has 1 aromatic heterocycles. The van der Waals surface area contributed by atoms with E-state index >= 15 is 0 Å². The molecule has 0 N–H and O–H groups in total. The van der Waals surface area contributed by atoms with Crippen LogP contribution >= 0.6 is 11.6 Å². The molecule has 0 aliphatic rings. The van der Waals surface area contributed by atoms with Gasteiger partial charge >= 0.3 is 0 Å². The van der Waals surface area contributed by atoms with Gasteiger partial charge in [-0.25, -0.2) is 9.37 Å². The van der Waals surface area contributed by atoms with Gasteiger partial charge in [-0.05, 0) is 28.3 Å². The Labute approximate surface area is 153 Å². The first-order valence-corrected chi connectivity index (χ1v) is 7.90. The van der Waals surface area contributed by atoms with Crippen LogP contribution in [-0.2, 0) is 6.61 Å². The van der Waals surface area contributed by atoms with Gasteiger partial charge in [0.2, 0.25) is 5.88 Å². The van der Waals surface area contributed by atoms with Crippen LogP contribution in [0, 0.1) is 5.82 Å². The first kappa shape index (κ1) is 17.5. The molecular weight excluding hydrogens is 359 g/mol. The zero-order valence-electron chi connectivity index (χ0n) is 13.3. The smallest absolute Gasteiger partial charge is 0.238 e. The lowest BCUT2D eigenvalue weighted by molar-refractivity contribution is 0.290. The molecule has 0 aliphatic heterocycles. The van der Waals surface area contributed by atoms with Crippen molar-refractivity contribution in [2.75, 3.05) is 0 Å². The minimum Gasteiger partial charge on any atom is -0.485 e. The molecule has 0 fully saturated rings. The zero-order chi connectivity index (χ0) is 18.4. The van der Waals surface area contributed by atoms with Crippen LogP contribution in [0.4, 0.5) is 10.2 Å². The van der Waals surface area contributed by atoms with E-state index in [1.807, 2.05) is 30.3 Å². The van der Waals surface area contributed by atoms with Crippen LogP contribution in [0.2, 0.25) is 5.02 Å². The molecule has 0 saturated carbocycles. The molecule has 130 valence electrons. The Morgan fingerprint density at radius 3 is 2.50 bits per heavy atom. The lowest BCUT2D eigenvalue weighted by Gasteiger charge is -2.13. The summed E-state index contributed by atoms with van der Waals surface area (Å²) >= 11 is 5.97. The Morgan fingerprint density at radius 2 is 1.77 bits per heavy atom. The minimum absolute atomic E-state index is 0.0581. The van der Waals surface area contributed by atoms with Gasteiger partial charge in [-0.2, -0.15) is 0 Å². The van der Waals surface area contributed by atoms with E-state index in [9.17, 15) is 4.39 Å². The first-order valence-electron chi connectivity index (χ1n) is 7.52. The van der Waals surface area contributed by atoms with E-state index in [0.29, 0.717) is 18.1 Å². The highest BCUT2D eigenvalue weighted by atomic mass is 35.5. The van der Waals surface area contributed by atoms with Crippen molar-refractivity contribution in [2.45, 2.75) is 6.61 Å². The maximum atomic E-state index is 13.7. The highest BCUT2D eigenvalue weighted by Gasteiger charge is 2.14. The second-order valence-electron chi connectivity index (χ2n) is 5.09. The van der Waals surface area contributed by atoms with E-state index in [2.05, 4.69) is 15.0 Å². The second-order valence-corrected chi connectivity index (χ2v) is 5.50. The quantitative estimate of drug-likeness (QED) is 0.295. The van der Waals surface area contributed by atoms with Gasteiger partial charge in [0.1, 0.15) is 11.6 Å². The number of rotatable bonds is 6. The molecule has 1 heterocycles. The van der Waals surface area contributed by atoms with Gasteiger partial charge < -0.3 is 9.47 Å². The van der Waals surface area contributed by atoms with Crippen molar-refractivity contribution in [2.24, 2.45) is 5.11 Å². The summed E-state index contributed by atoms with van der Waals surface area (Å²) in [5, 5.41) is 3.11. The molecule has 0 atom stereocenters. The molecule has 0 bridgehead atoms. The van der Waals surface area contributed by atoms with Crippen molar-refractivity contribution in [3.05, 3.63) is 87.5 Å². The van der Waals surface area contributed by atoms with Gasteiger partial charge in [-0.15, -0.1) is 0 Å². The zero-order valence-corrected chi connectivity index (χ0v) is 14.1. The molecule has 3 rings (SSSR count). The number of ether oxygens (including phenoxy) is 2. The lowest BCUT2D eigenvalue weighted by atomic mass is 10.2. The highest BCUT2D eigenvalue weighted by Crippen LogP contribution is 2.36. The monoisotopic (exact) mass is 370 g/mol. The van der Waals surface area contributed by atoms with Crippen LogP contribution in [0.3, 0.4) is 0 Å². The molecule has 0 saturated heterocycles. The van der Waals surface area contributed by atoms with E-state index in [1.54, 1.807) is 24.3 Å². The molecule has 0 radical (unpaired) electrons. The molecule has 0 aliphatic carbocycles. The van der Waals surface area contributed by atoms with Gasteiger partial charge in [-0.1, -0.05) is 54.1 Å². The van der Waals surface area contributed by atoms with Crippen LogP contribution in [0.15, 0.2) is 65.8 Å². The summed E-state index contributed by atoms with van der Waals surface area (Å²) in [6.07, 6.45) is 0. The predicted octanol–water partition coefficient (Wildman–Crippen LogP) is 6.19. The third-order valence-electron chi connectivity index (χ3n) is 3.31. The Balaban J connectivity index is 1.84. The summed E-state index contributed by atoms with van der Waals surface area (Å²) in [4.78, 5) is 6.34. The normalized spacial score (nSPS) is 10.1. The molecule has 8 heteroatoms. The SMILES string of the molecule is [N-]=[N+]=Nc1nc(Oc2ccccc2OCc2ccccc2)c(Cl)cc1F. The molecule has 3 aromatic rings. The fourth-order valence-corrected chi connectivity index (χ4v) is 2.29. The standard InChI is InChI=1S/C18H12ClFN4O2/c19-13-10-14(20)17(23-24-21)22-18(13)26-16-9-5-4-8-15(16)25-11-12-6-2-1-3-7-12/h1-10H,11H2. The topological polar surface area (TPSA) is 80.1 Å². The van der Waals surface area contributed by atoms with E-state index < -0.39 is 11.6 Å². The average molecular weight is 371 g/mol. The van der Waals surface area contributed by atoms with Crippen molar-refractivity contribution in [3.63, 3.8) is 0 Å². The van der Waals surface area contributed by atoms with Gasteiger partial charge in [0.25, 0.3) is 0 Å². The van der Waals surface area contributed by atoms with Crippen molar-refractivity contribution >= 4 is 17.4 Å². The fourth-order valence-electron chi connectivity index (χ4n) is 2.12. The van der Waals surface area contributed by atoms with Gasteiger partial charge in [0.15, 0.2) is 23.1 Å². The fraction of sp³-hybridized carbons (Fsp3) is 0.0556. The number of hydrogen-bond donors (Lipinski definition) is 0. The number of benzene rings is 2. The predicted molar refractivity (Wildman–Crippen MR) is 95.3 cm³/mol.